The van der Waals surface area contributed by atoms with Gasteiger partial charge in [-0.15, -0.1) is 0 Å². The molecule has 0 amide bonds. The van der Waals surface area contributed by atoms with E-state index >= 15 is 0 Å². The molecule has 5 heteroatoms. The maximum absolute atomic E-state index is 8.69. The first-order valence-electron chi connectivity index (χ1n) is 6.09. The summed E-state index contributed by atoms with van der Waals surface area (Å²) in [7, 11) is 0. The van der Waals surface area contributed by atoms with Crippen molar-refractivity contribution in [3.8, 4) is 11.8 Å². The van der Waals surface area contributed by atoms with Gasteiger partial charge in [-0.05, 0) is 29.8 Å². The lowest BCUT2D eigenvalue weighted by molar-refractivity contribution is 1.10. The third-order valence-corrected chi connectivity index (χ3v) is 3.44. The molecular weight excluding hydrogens is 272 g/mol. The van der Waals surface area contributed by atoms with Gasteiger partial charge in [0.1, 0.15) is 0 Å². The fourth-order valence-electron chi connectivity index (χ4n) is 2.22. The van der Waals surface area contributed by atoms with Crippen LogP contribution >= 0.6 is 11.6 Å². The minimum atomic E-state index is 0.390. The summed E-state index contributed by atoms with van der Waals surface area (Å²) >= 11 is 6.25. The minimum absolute atomic E-state index is 0.390. The number of anilines is 1. The summed E-state index contributed by atoms with van der Waals surface area (Å²) < 4.78 is 1.81. The van der Waals surface area contributed by atoms with E-state index < -0.39 is 0 Å². The number of aromatic nitrogens is 2. The van der Waals surface area contributed by atoms with Crippen molar-refractivity contribution in [2.24, 2.45) is 0 Å². The van der Waals surface area contributed by atoms with Crippen molar-refractivity contribution in [1.82, 2.24) is 9.55 Å². The number of nitriles is 1. The number of para-hydroxylation sites is 1. The van der Waals surface area contributed by atoms with Gasteiger partial charge in [0.05, 0.1) is 28.5 Å². The Morgan fingerprint density at radius 2 is 1.95 bits per heavy atom. The number of halogens is 1. The van der Waals surface area contributed by atoms with Crippen molar-refractivity contribution in [3.63, 3.8) is 0 Å². The van der Waals surface area contributed by atoms with Crippen LogP contribution < -0.4 is 5.73 Å². The molecule has 0 atom stereocenters. The van der Waals surface area contributed by atoms with E-state index in [0.29, 0.717) is 17.4 Å². The lowest BCUT2D eigenvalue weighted by Crippen LogP contribution is -2.01. The van der Waals surface area contributed by atoms with Crippen LogP contribution in [0.5, 0.6) is 0 Å². The zero-order valence-corrected chi connectivity index (χ0v) is 11.3. The highest BCUT2D eigenvalue weighted by atomic mass is 35.5. The Hall–Kier alpha value is -2.51. The average Bonchev–Trinajstić information content (AvgIpc) is 2.78. The van der Waals surface area contributed by atoms with Crippen LogP contribution in [-0.2, 0) is 6.42 Å². The van der Waals surface area contributed by atoms with E-state index in [-0.39, 0.29) is 0 Å². The standard InChI is InChI=1S/C15H11ClN4/c16-12-2-1-3-13-14(12)20(15(18)19-13)11-6-4-10(5-7-11)8-9-17/h1-7H,8H2,(H2,18,19). The van der Waals surface area contributed by atoms with Crippen LogP contribution in [0.25, 0.3) is 16.7 Å². The summed E-state index contributed by atoms with van der Waals surface area (Å²) in [6, 6.07) is 15.3. The molecule has 0 saturated heterocycles. The summed E-state index contributed by atoms with van der Waals surface area (Å²) in [6.07, 6.45) is 0.390. The largest absolute Gasteiger partial charge is 0.369 e. The van der Waals surface area contributed by atoms with E-state index in [1.807, 2.05) is 47.0 Å². The van der Waals surface area contributed by atoms with Gasteiger partial charge in [0.2, 0.25) is 5.95 Å². The predicted octanol–water partition coefficient (Wildman–Crippen LogP) is 3.33. The zero-order chi connectivity index (χ0) is 14.1. The molecule has 2 N–H and O–H groups in total. The van der Waals surface area contributed by atoms with Crippen molar-refractivity contribution in [2.75, 3.05) is 5.73 Å². The van der Waals surface area contributed by atoms with E-state index in [2.05, 4.69) is 11.1 Å². The number of nitrogen functional groups attached to an aromatic ring is 1. The maximum Gasteiger partial charge on any atom is 0.205 e. The molecule has 3 aromatic rings. The van der Waals surface area contributed by atoms with Crippen molar-refractivity contribution < 1.29 is 0 Å². The lowest BCUT2D eigenvalue weighted by atomic mass is 10.1. The van der Waals surface area contributed by atoms with Gasteiger partial charge in [-0.1, -0.05) is 29.8 Å². The summed E-state index contributed by atoms with van der Waals surface area (Å²) in [5.74, 6) is 0.390. The molecule has 0 saturated carbocycles. The monoisotopic (exact) mass is 282 g/mol. The molecule has 2 aromatic carbocycles. The molecule has 0 unspecified atom stereocenters. The third-order valence-electron chi connectivity index (χ3n) is 3.13. The molecule has 4 nitrogen and oxygen atoms in total. The fraction of sp³-hybridized carbons (Fsp3) is 0.0667. The maximum atomic E-state index is 8.69. The molecule has 0 bridgehead atoms. The van der Waals surface area contributed by atoms with Crippen LogP contribution in [0.1, 0.15) is 5.56 Å². The molecule has 20 heavy (non-hydrogen) atoms. The molecule has 98 valence electrons. The molecule has 0 fully saturated rings. The van der Waals surface area contributed by atoms with Crippen LogP contribution in [0.4, 0.5) is 5.95 Å². The number of hydrogen-bond donors (Lipinski definition) is 1. The number of benzene rings is 2. The Labute approximate surface area is 121 Å². The Balaban J connectivity index is 2.19. The topological polar surface area (TPSA) is 67.6 Å². The second kappa shape index (κ2) is 4.87. The molecular formula is C15H11ClN4. The molecule has 0 aliphatic rings. The fourth-order valence-corrected chi connectivity index (χ4v) is 2.47. The Morgan fingerprint density at radius 1 is 1.20 bits per heavy atom. The van der Waals surface area contributed by atoms with Gasteiger partial charge in [0, 0.05) is 5.69 Å². The van der Waals surface area contributed by atoms with Gasteiger partial charge in [0.15, 0.2) is 0 Å². The van der Waals surface area contributed by atoms with Crippen molar-refractivity contribution >= 4 is 28.6 Å². The van der Waals surface area contributed by atoms with Gasteiger partial charge >= 0.3 is 0 Å². The van der Waals surface area contributed by atoms with Gasteiger partial charge in [-0.3, -0.25) is 4.57 Å². The summed E-state index contributed by atoms with van der Waals surface area (Å²) in [6.45, 7) is 0. The molecule has 1 aromatic heterocycles. The molecule has 0 aliphatic heterocycles. The molecule has 3 rings (SSSR count). The molecule has 1 heterocycles. The van der Waals surface area contributed by atoms with Crippen molar-refractivity contribution in [1.29, 1.82) is 5.26 Å². The van der Waals surface area contributed by atoms with E-state index in [9.17, 15) is 0 Å². The number of nitrogens with zero attached hydrogens (tertiary/aromatic N) is 3. The summed E-state index contributed by atoms with van der Waals surface area (Å²) in [4.78, 5) is 4.31. The van der Waals surface area contributed by atoms with Crippen molar-refractivity contribution in [2.45, 2.75) is 6.42 Å². The van der Waals surface area contributed by atoms with E-state index in [0.717, 1.165) is 22.3 Å². The van der Waals surface area contributed by atoms with Crippen molar-refractivity contribution in [3.05, 3.63) is 53.1 Å². The highest BCUT2D eigenvalue weighted by Gasteiger charge is 2.12. The second-order valence-electron chi connectivity index (χ2n) is 4.41. The van der Waals surface area contributed by atoms with Crippen LogP contribution in [-0.4, -0.2) is 9.55 Å². The number of imidazole rings is 1. The number of nitrogens with two attached hydrogens (primary N) is 1. The average molecular weight is 283 g/mol. The van der Waals surface area contributed by atoms with Crippen LogP contribution in [0, 0.1) is 11.3 Å². The van der Waals surface area contributed by atoms with Gasteiger partial charge in [-0.25, -0.2) is 4.98 Å². The quantitative estimate of drug-likeness (QED) is 0.784. The molecule has 0 spiro atoms. The molecule has 0 aliphatic carbocycles. The third kappa shape index (κ3) is 1.98. The molecule has 0 radical (unpaired) electrons. The SMILES string of the molecule is N#CCc1ccc(-n2c(N)nc3cccc(Cl)c32)cc1. The number of fused-ring (bicyclic) bond motifs is 1. The summed E-state index contributed by atoms with van der Waals surface area (Å²) in [5.41, 5.74) is 9.38. The van der Waals surface area contributed by atoms with Gasteiger partial charge < -0.3 is 5.73 Å². The Bertz CT molecular complexity index is 812. The first kappa shape index (κ1) is 12.5. The first-order chi connectivity index (χ1) is 9.70. The van der Waals surface area contributed by atoms with E-state index in [1.165, 1.54) is 0 Å². The Morgan fingerprint density at radius 3 is 2.65 bits per heavy atom. The Kier molecular flexibility index (Phi) is 3.05. The first-order valence-corrected chi connectivity index (χ1v) is 6.47. The predicted molar refractivity (Wildman–Crippen MR) is 79.8 cm³/mol. The van der Waals surface area contributed by atoms with Gasteiger partial charge in [-0.2, -0.15) is 5.26 Å². The zero-order valence-electron chi connectivity index (χ0n) is 10.5. The smallest absolute Gasteiger partial charge is 0.205 e. The number of rotatable bonds is 2. The summed E-state index contributed by atoms with van der Waals surface area (Å²) in [5, 5.41) is 9.30. The highest BCUT2D eigenvalue weighted by molar-refractivity contribution is 6.35. The van der Waals surface area contributed by atoms with E-state index in [1.54, 1.807) is 0 Å². The minimum Gasteiger partial charge on any atom is -0.369 e. The van der Waals surface area contributed by atoms with Crippen LogP contribution in [0.2, 0.25) is 5.02 Å². The number of hydrogen-bond acceptors (Lipinski definition) is 3. The lowest BCUT2D eigenvalue weighted by Gasteiger charge is -2.08. The second-order valence-corrected chi connectivity index (χ2v) is 4.82. The van der Waals surface area contributed by atoms with Gasteiger partial charge in [0.25, 0.3) is 0 Å². The van der Waals surface area contributed by atoms with Crippen LogP contribution in [0.15, 0.2) is 42.5 Å². The van der Waals surface area contributed by atoms with E-state index in [4.69, 9.17) is 22.6 Å². The normalized spacial score (nSPS) is 10.6. The highest BCUT2D eigenvalue weighted by Crippen LogP contribution is 2.28. The van der Waals surface area contributed by atoms with Crippen LogP contribution in [0.3, 0.4) is 0 Å².